The van der Waals surface area contributed by atoms with Crippen LogP contribution in [0, 0.1) is 0 Å². The van der Waals surface area contributed by atoms with Gasteiger partial charge in [0.05, 0.1) is 6.61 Å². The Morgan fingerprint density at radius 2 is 1.89 bits per heavy atom. The summed E-state index contributed by atoms with van der Waals surface area (Å²) in [6, 6.07) is 8.66. The van der Waals surface area contributed by atoms with Crippen molar-refractivity contribution in [1.82, 2.24) is 4.90 Å². The summed E-state index contributed by atoms with van der Waals surface area (Å²) in [4.78, 5) is 2.33. The number of hydrogen-bond donors (Lipinski definition) is 1. The van der Waals surface area contributed by atoms with E-state index in [0.29, 0.717) is 0 Å². The third-order valence-corrected chi connectivity index (χ3v) is 2.98. The van der Waals surface area contributed by atoms with Crippen molar-refractivity contribution < 1.29 is 4.74 Å². The van der Waals surface area contributed by atoms with Crippen molar-refractivity contribution in [2.45, 2.75) is 32.7 Å². The molecule has 1 rings (SSSR count). The Morgan fingerprint density at radius 3 is 2.44 bits per heavy atom. The van der Waals surface area contributed by atoms with Crippen LogP contribution in [0.25, 0.3) is 0 Å². The summed E-state index contributed by atoms with van der Waals surface area (Å²) in [6.45, 7) is 6.91. The Bertz CT molecular complexity index is 322. The minimum atomic E-state index is 0.290. The maximum absolute atomic E-state index is 5.75. The molecular formula is C15H26N2O. The number of ether oxygens (including phenoxy) is 1. The van der Waals surface area contributed by atoms with Crippen LogP contribution in [0.4, 0.5) is 0 Å². The van der Waals surface area contributed by atoms with E-state index in [0.717, 1.165) is 38.3 Å². The van der Waals surface area contributed by atoms with E-state index in [9.17, 15) is 0 Å². The number of benzene rings is 1. The second-order valence-electron chi connectivity index (χ2n) is 4.90. The van der Waals surface area contributed by atoms with Gasteiger partial charge in [-0.2, -0.15) is 0 Å². The second kappa shape index (κ2) is 8.11. The van der Waals surface area contributed by atoms with Crippen LogP contribution in [0.5, 0.6) is 5.75 Å². The Hall–Kier alpha value is -1.06. The third kappa shape index (κ3) is 6.03. The number of hydrogen-bond acceptors (Lipinski definition) is 3. The summed E-state index contributed by atoms with van der Waals surface area (Å²) in [7, 11) is 2.15. The maximum atomic E-state index is 5.75. The lowest BCUT2D eigenvalue weighted by Crippen LogP contribution is -2.27. The van der Waals surface area contributed by atoms with Crippen molar-refractivity contribution in [3.05, 3.63) is 29.8 Å². The first-order valence-corrected chi connectivity index (χ1v) is 6.77. The quantitative estimate of drug-likeness (QED) is 0.769. The molecule has 0 amide bonds. The summed E-state index contributed by atoms with van der Waals surface area (Å²) in [6.07, 6.45) is 2.13. The highest BCUT2D eigenvalue weighted by atomic mass is 16.5. The summed E-state index contributed by atoms with van der Waals surface area (Å²) in [5.41, 5.74) is 7.11. The van der Waals surface area contributed by atoms with Crippen LogP contribution in [0.2, 0.25) is 0 Å². The van der Waals surface area contributed by atoms with Crippen LogP contribution in [-0.2, 0) is 6.42 Å². The predicted octanol–water partition coefficient (Wildman–Crippen LogP) is 2.30. The molecule has 1 unspecified atom stereocenters. The van der Waals surface area contributed by atoms with Crippen LogP contribution in [0.1, 0.15) is 25.8 Å². The first-order valence-electron chi connectivity index (χ1n) is 6.77. The molecule has 0 spiro atoms. The van der Waals surface area contributed by atoms with Gasteiger partial charge in [-0.25, -0.2) is 0 Å². The zero-order valence-electron chi connectivity index (χ0n) is 11.9. The van der Waals surface area contributed by atoms with Crippen molar-refractivity contribution in [1.29, 1.82) is 0 Å². The van der Waals surface area contributed by atoms with Crippen molar-refractivity contribution in [2.24, 2.45) is 5.73 Å². The summed E-state index contributed by atoms with van der Waals surface area (Å²) in [5, 5.41) is 0. The summed E-state index contributed by atoms with van der Waals surface area (Å²) < 4.78 is 5.43. The van der Waals surface area contributed by atoms with Gasteiger partial charge in [0.1, 0.15) is 5.75 Å². The lowest BCUT2D eigenvalue weighted by atomic mass is 10.1. The number of rotatable bonds is 8. The lowest BCUT2D eigenvalue weighted by molar-refractivity contribution is 0.324. The molecule has 3 heteroatoms. The molecule has 102 valence electrons. The molecule has 0 aliphatic rings. The van der Waals surface area contributed by atoms with Crippen LogP contribution >= 0.6 is 0 Å². The molecule has 18 heavy (non-hydrogen) atoms. The molecule has 0 fully saturated rings. The Kier molecular flexibility index (Phi) is 6.76. The van der Waals surface area contributed by atoms with Crippen LogP contribution < -0.4 is 10.5 Å². The molecule has 0 radical (unpaired) electrons. The predicted molar refractivity (Wildman–Crippen MR) is 77.1 cm³/mol. The highest BCUT2D eigenvalue weighted by Crippen LogP contribution is 2.12. The van der Waals surface area contributed by atoms with E-state index in [1.54, 1.807) is 0 Å². The molecule has 0 saturated carbocycles. The average molecular weight is 250 g/mol. The van der Waals surface area contributed by atoms with Crippen LogP contribution in [-0.4, -0.2) is 37.7 Å². The van der Waals surface area contributed by atoms with Gasteiger partial charge in [0.15, 0.2) is 0 Å². The fraction of sp³-hybridized carbons (Fsp3) is 0.600. The van der Waals surface area contributed by atoms with Gasteiger partial charge in [-0.3, -0.25) is 0 Å². The van der Waals surface area contributed by atoms with E-state index in [1.807, 2.05) is 19.1 Å². The molecule has 0 heterocycles. The number of nitrogens with zero attached hydrogens (tertiary/aromatic N) is 1. The van der Waals surface area contributed by atoms with Crippen molar-refractivity contribution in [2.75, 3.05) is 26.7 Å². The molecule has 0 bridgehead atoms. The fourth-order valence-electron chi connectivity index (χ4n) is 1.77. The lowest BCUT2D eigenvalue weighted by Gasteiger charge is -2.17. The minimum absolute atomic E-state index is 0.290. The normalized spacial score (nSPS) is 12.7. The summed E-state index contributed by atoms with van der Waals surface area (Å²) in [5.74, 6) is 0.951. The molecule has 3 nitrogen and oxygen atoms in total. The number of nitrogens with two attached hydrogens (primary N) is 1. The van der Waals surface area contributed by atoms with Crippen molar-refractivity contribution >= 4 is 0 Å². The Balaban J connectivity index is 2.29. The van der Waals surface area contributed by atoms with Gasteiger partial charge in [-0.15, -0.1) is 0 Å². The highest BCUT2D eigenvalue weighted by molar-refractivity contribution is 5.27. The standard InChI is InChI=1S/C15H26N2O/c1-4-18-15-7-5-14(6-8-15)10-12-17(3)11-9-13(2)16/h5-8,13H,4,9-12,16H2,1-3H3. The first kappa shape index (κ1) is 15.0. The fourth-order valence-corrected chi connectivity index (χ4v) is 1.77. The zero-order valence-corrected chi connectivity index (χ0v) is 11.9. The van der Waals surface area contributed by atoms with E-state index in [1.165, 1.54) is 5.56 Å². The molecule has 0 aliphatic heterocycles. The average Bonchev–Trinajstić information content (AvgIpc) is 2.36. The highest BCUT2D eigenvalue weighted by Gasteiger charge is 2.02. The second-order valence-corrected chi connectivity index (χ2v) is 4.90. The molecule has 0 saturated heterocycles. The largest absolute Gasteiger partial charge is 0.494 e. The summed E-state index contributed by atoms with van der Waals surface area (Å²) >= 11 is 0. The van der Waals surface area contributed by atoms with E-state index in [2.05, 4.69) is 31.0 Å². The number of likely N-dealkylation sites (N-methyl/N-ethyl adjacent to an activating group) is 1. The Morgan fingerprint density at radius 1 is 1.22 bits per heavy atom. The molecule has 0 aromatic heterocycles. The van der Waals surface area contributed by atoms with Gasteiger partial charge in [0.25, 0.3) is 0 Å². The SMILES string of the molecule is CCOc1ccc(CCN(C)CCC(C)N)cc1. The zero-order chi connectivity index (χ0) is 13.4. The molecule has 0 aliphatic carbocycles. The van der Waals surface area contributed by atoms with E-state index >= 15 is 0 Å². The Labute approximate surface area is 111 Å². The third-order valence-electron chi connectivity index (χ3n) is 2.98. The van der Waals surface area contributed by atoms with Crippen molar-refractivity contribution in [3.63, 3.8) is 0 Å². The van der Waals surface area contributed by atoms with Gasteiger partial charge in [0.2, 0.25) is 0 Å². The molecule has 1 aromatic rings. The smallest absolute Gasteiger partial charge is 0.119 e. The monoisotopic (exact) mass is 250 g/mol. The van der Waals surface area contributed by atoms with E-state index in [-0.39, 0.29) is 6.04 Å². The van der Waals surface area contributed by atoms with E-state index in [4.69, 9.17) is 10.5 Å². The van der Waals surface area contributed by atoms with Crippen LogP contribution in [0.3, 0.4) is 0 Å². The molecule has 2 N–H and O–H groups in total. The van der Waals surface area contributed by atoms with E-state index < -0.39 is 0 Å². The van der Waals surface area contributed by atoms with Gasteiger partial charge in [-0.1, -0.05) is 12.1 Å². The van der Waals surface area contributed by atoms with Gasteiger partial charge in [0, 0.05) is 12.6 Å². The molecular weight excluding hydrogens is 224 g/mol. The first-order chi connectivity index (χ1) is 8.61. The van der Waals surface area contributed by atoms with Crippen LogP contribution in [0.15, 0.2) is 24.3 Å². The molecule has 1 atom stereocenters. The maximum Gasteiger partial charge on any atom is 0.119 e. The van der Waals surface area contributed by atoms with Crippen molar-refractivity contribution in [3.8, 4) is 5.75 Å². The van der Waals surface area contributed by atoms with Gasteiger partial charge < -0.3 is 15.4 Å². The minimum Gasteiger partial charge on any atom is -0.494 e. The van der Waals surface area contributed by atoms with Gasteiger partial charge >= 0.3 is 0 Å². The molecule has 1 aromatic carbocycles. The van der Waals surface area contributed by atoms with Gasteiger partial charge in [-0.05, 0) is 58.0 Å². The topological polar surface area (TPSA) is 38.5 Å².